The minimum Gasteiger partial charge on any atom is -0.422 e. The zero-order valence-corrected chi connectivity index (χ0v) is 14.7. The first-order valence-electron chi connectivity index (χ1n) is 7.32. The standard InChI is InChI=1S/C18H13ClN2O3S/c1-11(22)20-14-6-8-15(9-7-14)24-18(23)16-10-25-17(21-16)12-2-4-13(19)5-3-12/h2-10H,1H3,(H,20,22). The van der Waals surface area contributed by atoms with Crippen molar-refractivity contribution >= 4 is 40.5 Å². The van der Waals surface area contributed by atoms with Crippen molar-refractivity contribution in [3.8, 4) is 16.3 Å². The molecule has 1 heterocycles. The Morgan fingerprint density at radius 2 is 1.76 bits per heavy atom. The molecule has 1 amide bonds. The molecule has 0 unspecified atom stereocenters. The maximum Gasteiger partial charge on any atom is 0.363 e. The van der Waals surface area contributed by atoms with E-state index in [1.807, 2.05) is 12.1 Å². The Morgan fingerprint density at radius 1 is 1.08 bits per heavy atom. The molecule has 0 aliphatic heterocycles. The minimum atomic E-state index is -0.538. The van der Waals surface area contributed by atoms with Gasteiger partial charge in [0.25, 0.3) is 0 Å². The fourth-order valence-corrected chi connectivity index (χ4v) is 2.98. The highest BCUT2D eigenvalue weighted by molar-refractivity contribution is 7.13. The lowest BCUT2D eigenvalue weighted by molar-refractivity contribution is -0.114. The molecule has 0 bridgehead atoms. The number of nitrogens with zero attached hydrogens (tertiary/aromatic N) is 1. The highest BCUT2D eigenvalue weighted by Gasteiger charge is 2.14. The van der Waals surface area contributed by atoms with Crippen LogP contribution in [0, 0.1) is 0 Å². The van der Waals surface area contributed by atoms with E-state index in [0.717, 1.165) is 5.56 Å². The van der Waals surface area contributed by atoms with Gasteiger partial charge in [0.15, 0.2) is 5.69 Å². The Hall–Kier alpha value is -2.70. The third-order valence-corrected chi connectivity index (χ3v) is 4.33. The van der Waals surface area contributed by atoms with Crippen molar-refractivity contribution in [1.29, 1.82) is 0 Å². The first kappa shape index (κ1) is 17.1. The average molecular weight is 373 g/mol. The number of carbonyl (C=O) groups is 2. The number of carbonyl (C=O) groups excluding carboxylic acids is 2. The van der Waals surface area contributed by atoms with Gasteiger partial charge in [-0.05, 0) is 36.4 Å². The molecular weight excluding hydrogens is 360 g/mol. The molecule has 0 fully saturated rings. The predicted molar refractivity (Wildman–Crippen MR) is 98.3 cm³/mol. The van der Waals surface area contributed by atoms with Gasteiger partial charge in [0, 0.05) is 28.6 Å². The summed E-state index contributed by atoms with van der Waals surface area (Å²) in [5, 5.41) is 5.65. The topological polar surface area (TPSA) is 68.3 Å². The smallest absolute Gasteiger partial charge is 0.363 e. The lowest BCUT2D eigenvalue weighted by Crippen LogP contribution is -2.09. The SMILES string of the molecule is CC(=O)Nc1ccc(OC(=O)c2csc(-c3ccc(Cl)cc3)n2)cc1. The number of halogens is 1. The van der Waals surface area contributed by atoms with Crippen LogP contribution in [0.3, 0.4) is 0 Å². The van der Waals surface area contributed by atoms with Crippen LogP contribution >= 0.6 is 22.9 Å². The van der Waals surface area contributed by atoms with Gasteiger partial charge in [-0.25, -0.2) is 9.78 Å². The van der Waals surface area contributed by atoms with Gasteiger partial charge in [-0.3, -0.25) is 4.79 Å². The van der Waals surface area contributed by atoms with Crippen molar-refractivity contribution in [3.05, 3.63) is 64.6 Å². The van der Waals surface area contributed by atoms with E-state index < -0.39 is 5.97 Å². The van der Waals surface area contributed by atoms with Crippen LogP contribution in [-0.4, -0.2) is 16.9 Å². The molecule has 3 rings (SSSR count). The Bertz CT molecular complexity index is 905. The van der Waals surface area contributed by atoms with Crippen molar-refractivity contribution in [2.45, 2.75) is 6.92 Å². The highest BCUT2D eigenvalue weighted by atomic mass is 35.5. The molecule has 0 aliphatic carbocycles. The number of hydrogen-bond acceptors (Lipinski definition) is 5. The summed E-state index contributed by atoms with van der Waals surface area (Å²) in [6.07, 6.45) is 0. The van der Waals surface area contributed by atoms with E-state index in [1.165, 1.54) is 18.3 Å². The van der Waals surface area contributed by atoms with Gasteiger partial charge >= 0.3 is 5.97 Å². The zero-order chi connectivity index (χ0) is 17.8. The van der Waals surface area contributed by atoms with Gasteiger partial charge in [0.1, 0.15) is 10.8 Å². The molecule has 25 heavy (non-hydrogen) atoms. The normalized spacial score (nSPS) is 10.3. The van der Waals surface area contributed by atoms with Crippen LogP contribution in [0.5, 0.6) is 5.75 Å². The quantitative estimate of drug-likeness (QED) is 0.535. The first-order valence-corrected chi connectivity index (χ1v) is 8.58. The fraction of sp³-hybridized carbons (Fsp3) is 0.0556. The second-order valence-corrected chi connectivity index (χ2v) is 6.43. The first-order chi connectivity index (χ1) is 12.0. The average Bonchev–Trinajstić information content (AvgIpc) is 3.07. The molecule has 1 aromatic heterocycles. The van der Waals surface area contributed by atoms with Crippen molar-refractivity contribution < 1.29 is 14.3 Å². The Labute approximate surface area is 153 Å². The molecule has 0 atom stereocenters. The summed E-state index contributed by atoms with van der Waals surface area (Å²) < 4.78 is 5.30. The summed E-state index contributed by atoms with van der Waals surface area (Å²) in [5.74, 6) is -0.328. The van der Waals surface area contributed by atoms with Crippen LogP contribution in [-0.2, 0) is 4.79 Å². The van der Waals surface area contributed by atoms with E-state index in [9.17, 15) is 9.59 Å². The van der Waals surface area contributed by atoms with E-state index >= 15 is 0 Å². The van der Waals surface area contributed by atoms with Gasteiger partial charge in [-0.2, -0.15) is 0 Å². The fourth-order valence-electron chi connectivity index (χ4n) is 2.06. The molecule has 0 radical (unpaired) electrons. The van der Waals surface area contributed by atoms with Crippen LogP contribution in [0.25, 0.3) is 10.6 Å². The summed E-state index contributed by atoms with van der Waals surface area (Å²) >= 11 is 7.22. The summed E-state index contributed by atoms with van der Waals surface area (Å²) in [6, 6.07) is 13.8. The van der Waals surface area contributed by atoms with E-state index in [-0.39, 0.29) is 11.6 Å². The number of thiazole rings is 1. The molecule has 3 aromatic rings. The van der Waals surface area contributed by atoms with Crippen LogP contribution in [0.4, 0.5) is 5.69 Å². The monoisotopic (exact) mass is 372 g/mol. The zero-order valence-electron chi connectivity index (χ0n) is 13.2. The van der Waals surface area contributed by atoms with E-state index in [2.05, 4.69) is 10.3 Å². The van der Waals surface area contributed by atoms with Crippen LogP contribution in [0.2, 0.25) is 5.02 Å². The molecule has 7 heteroatoms. The van der Waals surface area contributed by atoms with Crippen LogP contribution in [0.1, 0.15) is 17.4 Å². The maximum atomic E-state index is 12.2. The second kappa shape index (κ2) is 7.46. The van der Waals surface area contributed by atoms with Gasteiger partial charge < -0.3 is 10.1 Å². The second-order valence-electron chi connectivity index (χ2n) is 5.14. The number of hydrogen-bond donors (Lipinski definition) is 1. The number of ether oxygens (including phenoxy) is 1. The third-order valence-electron chi connectivity index (χ3n) is 3.19. The van der Waals surface area contributed by atoms with Crippen LogP contribution < -0.4 is 10.1 Å². The van der Waals surface area contributed by atoms with Gasteiger partial charge in [0.05, 0.1) is 0 Å². The Morgan fingerprint density at radius 3 is 2.40 bits per heavy atom. The summed E-state index contributed by atoms with van der Waals surface area (Å²) in [6.45, 7) is 1.43. The third kappa shape index (κ3) is 4.43. The Kier molecular flexibility index (Phi) is 5.11. The van der Waals surface area contributed by atoms with E-state index in [4.69, 9.17) is 16.3 Å². The number of anilines is 1. The molecule has 0 aliphatic rings. The van der Waals surface area contributed by atoms with Crippen molar-refractivity contribution in [2.75, 3.05) is 5.32 Å². The molecular formula is C18H13ClN2O3S. The molecule has 1 N–H and O–H groups in total. The number of esters is 1. The number of benzene rings is 2. The van der Waals surface area contributed by atoms with Crippen molar-refractivity contribution in [2.24, 2.45) is 0 Å². The summed E-state index contributed by atoms with van der Waals surface area (Å²) in [5.41, 5.74) is 1.75. The van der Waals surface area contributed by atoms with Gasteiger partial charge in [-0.1, -0.05) is 23.7 Å². The van der Waals surface area contributed by atoms with Gasteiger partial charge in [-0.15, -0.1) is 11.3 Å². The number of aromatic nitrogens is 1. The van der Waals surface area contributed by atoms with Gasteiger partial charge in [0.2, 0.25) is 5.91 Å². The Balaban J connectivity index is 1.69. The molecule has 126 valence electrons. The van der Waals surface area contributed by atoms with Crippen LogP contribution in [0.15, 0.2) is 53.9 Å². The molecule has 2 aromatic carbocycles. The minimum absolute atomic E-state index is 0.165. The predicted octanol–water partition coefficient (Wildman–Crippen LogP) is 4.64. The summed E-state index contributed by atoms with van der Waals surface area (Å²) in [4.78, 5) is 27.5. The maximum absolute atomic E-state index is 12.2. The molecule has 0 spiro atoms. The number of nitrogens with one attached hydrogen (secondary N) is 1. The largest absolute Gasteiger partial charge is 0.422 e. The lowest BCUT2D eigenvalue weighted by Gasteiger charge is -2.05. The highest BCUT2D eigenvalue weighted by Crippen LogP contribution is 2.26. The van der Waals surface area contributed by atoms with Crippen molar-refractivity contribution in [1.82, 2.24) is 4.98 Å². The van der Waals surface area contributed by atoms with Crippen molar-refractivity contribution in [3.63, 3.8) is 0 Å². The molecule has 5 nitrogen and oxygen atoms in total. The molecule has 0 saturated heterocycles. The lowest BCUT2D eigenvalue weighted by atomic mass is 10.2. The molecule has 0 saturated carbocycles. The summed E-state index contributed by atoms with van der Waals surface area (Å²) in [7, 11) is 0. The number of rotatable bonds is 4. The van der Waals surface area contributed by atoms with E-state index in [0.29, 0.717) is 21.5 Å². The van der Waals surface area contributed by atoms with E-state index in [1.54, 1.807) is 41.8 Å². The number of amides is 1.